The van der Waals surface area contributed by atoms with Gasteiger partial charge in [0.2, 0.25) is 15.9 Å². The van der Waals surface area contributed by atoms with E-state index < -0.39 is 126 Å². The molecule has 3 aliphatic carbocycles. The van der Waals surface area contributed by atoms with Crippen molar-refractivity contribution in [3.05, 3.63) is 92.0 Å². The number of hydrogen-bond donors (Lipinski definition) is 2. The first kappa shape index (κ1) is 48.1. The molecule has 3 aromatic heterocycles. The van der Waals surface area contributed by atoms with Crippen molar-refractivity contribution >= 4 is 54.1 Å². The molecule has 12 nitrogen and oxygen atoms in total. The Kier molecular flexibility index (Phi) is 11.6. The molecule has 1 fully saturated rings. The number of rotatable bonds is 11. The molecule has 1 saturated carbocycles. The van der Waals surface area contributed by atoms with Gasteiger partial charge in [-0.2, -0.15) is 45.3 Å². The lowest BCUT2D eigenvalue weighted by Gasteiger charge is -2.25. The van der Waals surface area contributed by atoms with Crippen molar-refractivity contribution in [3.8, 4) is 23.0 Å². The third kappa shape index (κ3) is 9.17. The highest BCUT2D eigenvalue weighted by Gasteiger charge is 2.68. The Labute approximate surface area is 380 Å². The quantitative estimate of drug-likeness (QED) is 0.0992. The van der Waals surface area contributed by atoms with E-state index in [0.29, 0.717) is 34.6 Å². The lowest BCUT2D eigenvalue weighted by Crippen LogP contribution is -2.35. The third-order valence-corrected chi connectivity index (χ3v) is 14.8. The van der Waals surface area contributed by atoms with Crippen LogP contribution in [0.1, 0.15) is 83.7 Å². The summed E-state index contributed by atoms with van der Waals surface area (Å²) in [5.41, 5.74) is -3.87. The van der Waals surface area contributed by atoms with Gasteiger partial charge in [0.15, 0.2) is 21.3 Å². The Morgan fingerprint density at radius 2 is 1.63 bits per heavy atom. The summed E-state index contributed by atoms with van der Waals surface area (Å²) < 4.78 is 198. The molecule has 25 heteroatoms. The van der Waals surface area contributed by atoms with Crippen molar-refractivity contribution in [3.63, 3.8) is 0 Å². The molecule has 3 atom stereocenters. The van der Waals surface area contributed by atoms with Gasteiger partial charge in [-0.05, 0) is 92.7 Å². The van der Waals surface area contributed by atoms with Gasteiger partial charge < -0.3 is 5.32 Å². The van der Waals surface area contributed by atoms with Crippen LogP contribution in [-0.4, -0.2) is 70.7 Å². The van der Waals surface area contributed by atoms with Gasteiger partial charge in [0.1, 0.15) is 40.9 Å². The molecular weight excluding hydrogens is 972 g/mol. The molecule has 3 heterocycles. The summed E-state index contributed by atoms with van der Waals surface area (Å²) in [6, 6.07) is 3.07. The molecule has 67 heavy (non-hydrogen) atoms. The van der Waals surface area contributed by atoms with Crippen LogP contribution in [-0.2, 0) is 69.1 Å². The topological polar surface area (TPSA) is 158 Å². The summed E-state index contributed by atoms with van der Waals surface area (Å²) in [5.74, 6) is -5.01. The molecule has 2 N–H and O–H groups in total. The number of carbonyl (C=O) groups is 1. The zero-order valence-corrected chi connectivity index (χ0v) is 37.7. The van der Waals surface area contributed by atoms with Gasteiger partial charge in [0.05, 0.1) is 33.9 Å². The van der Waals surface area contributed by atoms with E-state index in [2.05, 4.69) is 32.1 Å². The highest BCUT2D eigenvalue weighted by Crippen LogP contribution is 2.68. The second-order valence-electron chi connectivity index (χ2n) is 17.3. The lowest BCUT2D eigenvalue weighted by molar-refractivity contribution is -0.142. The van der Waals surface area contributed by atoms with Crippen LogP contribution in [0.25, 0.3) is 22.0 Å². The van der Waals surface area contributed by atoms with Crippen molar-refractivity contribution in [2.45, 2.75) is 94.0 Å². The second-order valence-corrected chi connectivity index (χ2v) is 22.0. The van der Waals surface area contributed by atoms with E-state index in [0.717, 1.165) is 18.4 Å². The minimum atomic E-state index is -5.19. The van der Waals surface area contributed by atoms with Gasteiger partial charge in [0.25, 0.3) is 5.92 Å². The summed E-state index contributed by atoms with van der Waals surface area (Å²) >= 11 is 6.57. The number of benzene rings is 2. The summed E-state index contributed by atoms with van der Waals surface area (Å²) in [6.07, 6.45) is -8.68. The first-order valence-electron chi connectivity index (χ1n) is 20.2. The molecule has 0 bridgehead atoms. The van der Waals surface area contributed by atoms with Crippen LogP contribution >= 0.6 is 11.6 Å². The second kappa shape index (κ2) is 16.1. The number of aromatic nitrogens is 5. The number of carbonyl (C=O) groups excluding carboxylic acids is 1. The number of amides is 1. The largest absolute Gasteiger partial charge is 0.435 e. The van der Waals surface area contributed by atoms with Crippen molar-refractivity contribution in [2.75, 3.05) is 17.2 Å². The molecule has 0 radical (unpaired) electrons. The third-order valence-electron chi connectivity index (χ3n) is 11.9. The fraction of sp³-hybridized carbons (Fsp3) is 0.429. The van der Waals surface area contributed by atoms with Crippen LogP contribution in [0, 0.1) is 29.4 Å². The Hall–Kier alpha value is -5.41. The standard InChI is InChI=1S/C42H36ClF10N7O5S2/c1-39(2,66(3,62)63)11-10-28-22-6-5-7-23(22)31(24-8-9-27(43)33-35(24)60(18-40(46,47)48)57-38(33)58-67(4,64)65)34(55-28)29(14-19-12-20(44)15-21(45)13-19)54-30(61)17-59-37-32(36(56-59)42(51,52)53)25-16-26(25)41(37,49)50/h8-9,12-13,15,25-26,29H,5-7,14,16-18H2,1-4H3,(H,54,61)(H,57,58)/t25-,26+,29-/m0/s1. The Morgan fingerprint density at radius 1 is 0.970 bits per heavy atom. The SMILES string of the molecule is CC(C)(C#Cc1nc([C@H](Cc2cc(F)cc(F)c2)NC(=O)Cn2nc(C(F)(F)F)c3c2C(F)(F)[C@@H]2C[C@H]32)c(-c2ccc(Cl)c3c(NS(C)(=O)=O)nn(CC(F)(F)F)c23)c2c1CCC2)S(C)(=O)=O. The minimum Gasteiger partial charge on any atom is -0.346 e. The van der Waals surface area contributed by atoms with Gasteiger partial charge in [0, 0.05) is 34.9 Å². The van der Waals surface area contributed by atoms with E-state index in [1.807, 2.05) is 0 Å². The maximum atomic E-state index is 15.6. The van der Waals surface area contributed by atoms with E-state index in [-0.39, 0.29) is 62.4 Å². The average molecular weight is 1010 g/mol. The number of nitrogens with one attached hydrogen (secondary N) is 2. The van der Waals surface area contributed by atoms with Gasteiger partial charge in [-0.1, -0.05) is 23.6 Å². The fourth-order valence-electron chi connectivity index (χ4n) is 8.80. The molecule has 5 aromatic rings. The van der Waals surface area contributed by atoms with Gasteiger partial charge in [-0.3, -0.25) is 18.9 Å². The molecular formula is C42H36ClF10N7O5S2. The molecule has 1 amide bonds. The normalized spacial score (nSPS) is 18.3. The number of nitrogens with zero attached hydrogens (tertiary/aromatic N) is 5. The first-order chi connectivity index (χ1) is 30.8. The predicted octanol–water partition coefficient (Wildman–Crippen LogP) is 8.15. The number of sulfonamides is 1. The maximum absolute atomic E-state index is 15.6. The summed E-state index contributed by atoms with van der Waals surface area (Å²) in [7, 11) is -8.08. The van der Waals surface area contributed by atoms with Crippen LogP contribution in [0.3, 0.4) is 0 Å². The van der Waals surface area contributed by atoms with Gasteiger partial charge in [-0.25, -0.2) is 30.6 Å². The van der Waals surface area contributed by atoms with Crippen molar-refractivity contribution in [1.82, 2.24) is 29.9 Å². The van der Waals surface area contributed by atoms with Crippen molar-refractivity contribution in [1.29, 1.82) is 0 Å². The first-order valence-corrected chi connectivity index (χ1v) is 24.3. The molecule has 0 aliphatic heterocycles. The predicted molar refractivity (Wildman–Crippen MR) is 223 cm³/mol. The number of fused-ring (bicyclic) bond motifs is 5. The molecule has 358 valence electrons. The van der Waals surface area contributed by atoms with Crippen molar-refractivity contribution in [2.24, 2.45) is 5.92 Å². The number of halogens is 11. The number of alkyl halides is 8. The lowest BCUT2D eigenvalue weighted by atomic mass is 9.88. The highest BCUT2D eigenvalue weighted by molar-refractivity contribution is 7.92. The monoisotopic (exact) mass is 1010 g/mol. The fourth-order valence-corrected chi connectivity index (χ4v) is 9.77. The molecule has 0 saturated heterocycles. The molecule has 8 rings (SSSR count). The average Bonchev–Trinajstić information content (AvgIpc) is 3.38. The Balaban J connectivity index is 1.39. The van der Waals surface area contributed by atoms with E-state index >= 15 is 8.78 Å². The Bertz CT molecular complexity index is 3190. The number of hydrogen-bond acceptors (Lipinski definition) is 8. The number of sulfone groups is 1. The van der Waals surface area contributed by atoms with E-state index in [1.54, 1.807) is 0 Å². The summed E-state index contributed by atoms with van der Waals surface area (Å²) in [4.78, 5) is 19.0. The number of pyridine rings is 1. The highest BCUT2D eigenvalue weighted by atomic mass is 35.5. The summed E-state index contributed by atoms with van der Waals surface area (Å²) in [6.45, 7) is -0.435. The summed E-state index contributed by atoms with van der Waals surface area (Å²) in [5, 5.41) is 9.30. The molecule has 2 aromatic carbocycles. The number of anilines is 1. The molecule has 0 unspecified atom stereocenters. The van der Waals surface area contributed by atoms with Gasteiger partial charge >= 0.3 is 12.4 Å². The zero-order chi connectivity index (χ0) is 49.1. The van der Waals surface area contributed by atoms with Crippen LogP contribution in [0.2, 0.25) is 5.02 Å². The van der Waals surface area contributed by atoms with Crippen LogP contribution in [0.5, 0.6) is 0 Å². The Morgan fingerprint density at radius 3 is 2.24 bits per heavy atom. The van der Waals surface area contributed by atoms with E-state index in [1.165, 1.54) is 26.0 Å². The molecule has 3 aliphatic rings. The van der Waals surface area contributed by atoms with E-state index in [4.69, 9.17) is 16.6 Å². The zero-order valence-electron chi connectivity index (χ0n) is 35.3. The molecule has 0 spiro atoms. The smallest absolute Gasteiger partial charge is 0.346 e. The van der Waals surface area contributed by atoms with Gasteiger partial charge in [-0.15, -0.1) is 0 Å². The van der Waals surface area contributed by atoms with Crippen LogP contribution in [0.4, 0.5) is 49.7 Å². The maximum Gasteiger partial charge on any atom is 0.435 e. The minimum absolute atomic E-state index is 0.0375. The van der Waals surface area contributed by atoms with E-state index in [9.17, 15) is 56.8 Å². The van der Waals surface area contributed by atoms with Crippen molar-refractivity contribution < 1.29 is 65.5 Å². The van der Waals surface area contributed by atoms with Crippen LogP contribution in [0.15, 0.2) is 30.3 Å². The van der Waals surface area contributed by atoms with Crippen LogP contribution < -0.4 is 10.0 Å².